The molecule has 0 aliphatic heterocycles. The first-order chi connectivity index (χ1) is 10.6. The summed E-state index contributed by atoms with van der Waals surface area (Å²) >= 11 is 0. The second kappa shape index (κ2) is 5.00. The Bertz CT molecular complexity index is 596. The molecule has 0 aromatic heterocycles. The molecular formula is C19H24O3. The number of hydrogen-bond acceptors (Lipinski definition) is 3. The minimum atomic E-state index is 0.108. The minimum absolute atomic E-state index is 0.108. The van der Waals surface area contributed by atoms with Crippen molar-refractivity contribution in [3.8, 4) is 5.75 Å². The van der Waals surface area contributed by atoms with Crippen LogP contribution in [-0.2, 0) is 16.0 Å². The van der Waals surface area contributed by atoms with E-state index in [2.05, 4.69) is 13.0 Å². The highest BCUT2D eigenvalue weighted by Crippen LogP contribution is 2.61. The van der Waals surface area contributed by atoms with E-state index in [0.29, 0.717) is 30.0 Å². The van der Waals surface area contributed by atoms with Crippen molar-refractivity contribution in [1.82, 2.24) is 0 Å². The quantitative estimate of drug-likeness (QED) is 0.845. The third-order valence-electron chi connectivity index (χ3n) is 6.84. The molecule has 0 unspecified atom stereocenters. The highest BCUT2D eigenvalue weighted by Gasteiger charge is 2.55. The Morgan fingerprint density at radius 1 is 1.27 bits per heavy atom. The van der Waals surface area contributed by atoms with Gasteiger partial charge in [-0.25, -0.2) is 0 Å². The number of carbonyl (C=O) groups excluding carboxylic acids is 1. The van der Waals surface area contributed by atoms with Crippen molar-refractivity contribution in [1.29, 1.82) is 0 Å². The molecule has 3 heteroatoms. The van der Waals surface area contributed by atoms with Crippen molar-refractivity contribution < 1.29 is 14.6 Å². The number of carbonyl (C=O) groups is 1. The maximum Gasteiger partial charge on any atom is 0.293 e. The van der Waals surface area contributed by atoms with E-state index in [-0.39, 0.29) is 11.5 Å². The van der Waals surface area contributed by atoms with Crippen molar-refractivity contribution >= 4 is 6.47 Å². The van der Waals surface area contributed by atoms with E-state index < -0.39 is 0 Å². The van der Waals surface area contributed by atoms with Gasteiger partial charge in [0.25, 0.3) is 6.47 Å². The van der Waals surface area contributed by atoms with Gasteiger partial charge < -0.3 is 9.84 Å². The van der Waals surface area contributed by atoms with Crippen LogP contribution in [0.1, 0.15) is 56.1 Å². The van der Waals surface area contributed by atoms with E-state index in [1.165, 1.54) is 30.4 Å². The zero-order valence-corrected chi connectivity index (χ0v) is 13.1. The van der Waals surface area contributed by atoms with E-state index >= 15 is 0 Å². The van der Waals surface area contributed by atoms with E-state index in [0.717, 1.165) is 19.3 Å². The molecule has 2 fully saturated rings. The van der Waals surface area contributed by atoms with Crippen molar-refractivity contribution in [2.45, 2.75) is 57.5 Å². The van der Waals surface area contributed by atoms with Gasteiger partial charge in [0.05, 0.1) is 0 Å². The van der Waals surface area contributed by atoms with Crippen LogP contribution in [0.4, 0.5) is 0 Å². The number of aromatic hydroxyl groups is 1. The molecule has 0 amide bonds. The topological polar surface area (TPSA) is 46.5 Å². The summed E-state index contributed by atoms with van der Waals surface area (Å²) < 4.78 is 5.43. The van der Waals surface area contributed by atoms with Crippen molar-refractivity contribution in [3.05, 3.63) is 29.3 Å². The lowest BCUT2D eigenvalue weighted by Gasteiger charge is -2.50. The fourth-order valence-electron chi connectivity index (χ4n) is 5.81. The molecule has 3 aliphatic carbocycles. The van der Waals surface area contributed by atoms with Crippen LogP contribution in [0, 0.1) is 17.3 Å². The summed E-state index contributed by atoms with van der Waals surface area (Å²) in [5.74, 6) is 2.38. The van der Waals surface area contributed by atoms with Crippen LogP contribution in [0.15, 0.2) is 18.2 Å². The Labute approximate surface area is 131 Å². The summed E-state index contributed by atoms with van der Waals surface area (Å²) in [6.45, 7) is 2.98. The van der Waals surface area contributed by atoms with Gasteiger partial charge in [-0.3, -0.25) is 4.79 Å². The lowest BCUT2D eigenvalue weighted by Crippen LogP contribution is -2.44. The average Bonchev–Trinajstić information content (AvgIpc) is 2.84. The lowest BCUT2D eigenvalue weighted by atomic mass is 9.55. The second-order valence-electron chi connectivity index (χ2n) is 7.64. The number of phenolic OH excluding ortho intramolecular Hbond substituents is 1. The zero-order valence-electron chi connectivity index (χ0n) is 13.1. The average molecular weight is 300 g/mol. The number of ether oxygens (including phenoxy) is 1. The van der Waals surface area contributed by atoms with E-state index in [1.807, 2.05) is 12.1 Å². The summed E-state index contributed by atoms with van der Waals surface area (Å²) in [5, 5.41) is 9.72. The number of rotatable bonds is 2. The van der Waals surface area contributed by atoms with Crippen LogP contribution in [-0.4, -0.2) is 17.7 Å². The summed E-state index contributed by atoms with van der Waals surface area (Å²) in [6.07, 6.45) is 6.89. The molecule has 1 aromatic carbocycles. The van der Waals surface area contributed by atoms with Crippen LogP contribution >= 0.6 is 0 Å². The fraction of sp³-hybridized carbons (Fsp3) is 0.632. The fourth-order valence-corrected chi connectivity index (χ4v) is 5.81. The predicted octanol–water partition coefficient (Wildman–Crippen LogP) is 3.79. The number of aryl methyl sites for hydroxylation is 1. The zero-order chi connectivity index (χ0) is 15.3. The molecule has 0 saturated heterocycles. The van der Waals surface area contributed by atoms with Crippen molar-refractivity contribution in [3.63, 3.8) is 0 Å². The summed E-state index contributed by atoms with van der Waals surface area (Å²) in [4.78, 5) is 10.8. The third kappa shape index (κ3) is 1.90. The number of hydrogen-bond donors (Lipinski definition) is 1. The molecule has 22 heavy (non-hydrogen) atoms. The highest BCUT2D eigenvalue weighted by molar-refractivity contribution is 5.41. The first kappa shape index (κ1) is 14.1. The maximum atomic E-state index is 10.8. The van der Waals surface area contributed by atoms with Crippen LogP contribution in [0.2, 0.25) is 0 Å². The molecule has 2 saturated carbocycles. The van der Waals surface area contributed by atoms with Gasteiger partial charge in [-0.2, -0.15) is 0 Å². The summed E-state index contributed by atoms with van der Waals surface area (Å²) in [7, 11) is 0. The molecule has 118 valence electrons. The maximum absolute atomic E-state index is 10.8. The van der Waals surface area contributed by atoms with E-state index in [4.69, 9.17) is 4.74 Å². The normalized spacial score (nSPS) is 39.5. The molecule has 0 spiro atoms. The second-order valence-corrected chi connectivity index (χ2v) is 7.64. The standard InChI is InChI=1S/C19H24O3/c1-19-9-8-15-14-5-3-13(21)10-12(14)2-4-16(15)17(19)6-7-18(19)22-11-20/h3,5,10-11,15-18,21H,2,4,6-9H2,1H3/t15-,16-,17+,18+,19+/m1/s1. The number of fused-ring (bicyclic) bond motifs is 5. The van der Waals surface area contributed by atoms with Crippen LogP contribution < -0.4 is 0 Å². The van der Waals surface area contributed by atoms with Gasteiger partial charge in [-0.05, 0) is 79.5 Å². The Balaban J connectivity index is 1.66. The molecule has 5 atom stereocenters. The van der Waals surface area contributed by atoms with Gasteiger partial charge >= 0.3 is 0 Å². The van der Waals surface area contributed by atoms with Gasteiger partial charge in [0.15, 0.2) is 0 Å². The van der Waals surface area contributed by atoms with Crippen LogP contribution in [0.5, 0.6) is 5.75 Å². The molecule has 3 aliphatic rings. The molecular weight excluding hydrogens is 276 g/mol. The SMILES string of the molecule is C[C@]12CC[C@@H]3c4ccc(O)cc4CC[C@H]3[C@@H]1CC[C@@H]2OC=O. The van der Waals surface area contributed by atoms with Gasteiger partial charge in [0, 0.05) is 5.41 Å². The van der Waals surface area contributed by atoms with Gasteiger partial charge in [-0.1, -0.05) is 13.0 Å². The molecule has 1 aromatic rings. The van der Waals surface area contributed by atoms with E-state index in [9.17, 15) is 9.90 Å². The van der Waals surface area contributed by atoms with Gasteiger partial charge in [0.1, 0.15) is 11.9 Å². The molecule has 4 rings (SSSR count). The Morgan fingerprint density at radius 2 is 2.14 bits per heavy atom. The van der Waals surface area contributed by atoms with Crippen LogP contribution in [0.25, 0.3) is 0 Å². The Morgan fingerprint density at radius 3 is 2.95 bits per heavy atom. The van der Waals surface area contributed by atoms with Crippen molar-refractivity contribution in [2.24, 2.45) is 17.3 Å². The Hall–Kier alpha value is -1.51. The summed E-state index contributed by atoms with van der Waals surface area (Å²) in [6, 6.07) is 5.92. The highest BCUT2D eigenvalue weighted by atomic mass is 16.5. The van der Waals surface area contributed by atoms with E-state index in [1.54, 1.807) is 0 Å². The molecule has 0 bridgehead atoms. The largest absolute Gasteiger partial charge is 0.508 e. The first-order valence-corrected chi connectivity index (χ1v) is 8.54. The third-order valence-corrected chi connectivity index (χ3v) is 6.84. The van der Waals surface area contributed by atoms with Gasteiger partial charge in [-0.15, -0.1) is 0 Å². The molecule has 0 radical (unpaired) electrons. The monoisotopic (exact) mass is 300 g/mol. The number of benzene rings is 1. The molecule has 1 N–H and O–H groups in total. The summed E-state index contributed by atoms with van der Waals surface area (Å²) in [5.41, 5.74) is 2.95. The van der Waals surface area contributed by atoms with Crippen molar-refractivity contribution in [2.75, 3.05) is 0 Å². The Kier molecular flexibility index (Phi) is 3.21. The van der Waals surface area contributed by atoms with Crippen LogP contribution in [0.3, 0.4) is 0 Å². The van der Waals surface area contributed by atoms with Gasteiger partial charge in [0.2, 0.25) is 0 Å². The molecule has 0 heterocycles. The minimum Gasteiger partial charge on any atom is -0.508 e. The number of phenols is 1. The first-order valence-electron chi connectivity index (χ1n) is 8.54. The predicted molar refractivity (Wildman–Crippen MR) is 83.7 cm³/mol. The molecule has 3 nitrogen and oxygen atoms in total. The smallest absolute Gasteiger partial charge is 0.293 e. The lowest BCUT2D eigenvalue weighted by molar-refractivity contribution is -0.141.